The summed E-state index contributed by atoms with van der Waals surface area (Å²) >= 11 is 11.8. The van der Waals surface area contributed by atoms with Gasteiger partial charge in [-0.3, -0.25) is 0 Å². The Kier molecular flexibility index (Phi) is 3.08. The van der Waals surface area contributed by atoms with Crippen molar-refractivity contribution in [2.45, 2.75) is 6.92 Å². The van der Waals surface area contributed by atoms with E-state index in [1.165, 1.54) is 6.26 Å². The Hall–Kier alpha value is -1.19. The predicted octanol–water partition coefficient (Wildman–Crippen LogP) is 3.92. The first kappa shape index (κ1) is 11.3. The fourth-order valence-electron chi connectivity index (χ4n) is 1.44. The van der Waals surface area contributed by atoms with E-state index in [4.69, 9.17) is 32.4 Å². The van der Waals surface area contributed by atoms with Gasteiger partial charge in [0.1, 0.15) is 17.4 Å². The minimum Gasteiger partial charge on any atom is -0.463 e. The van der Waals surface area contributed by atoms with Crippen LogP contribution in [0.15, 0.2) is 22.8 Å². The standard InChI is InChI=1S/C11H8Cl2O3/c1-2-15-11(14)7-5-16-9-4-6(12)3-8(13)10(7)9/h3-5H,2H2,1H3. The first-order valence-electron chi connectivity index (χ1n) is 4.67. The van der Waals surface area contributed by atoms with Gasteiger partial charge in [-0.15, -0.1) is 0 Å². The predicted molar refractivity (Wildman–Crippen MR) is 62.2 cm³/mol. The lowest BCUT2D eigenvalue weighted by atomic mass is 10.2. The monoisotopic (exact) mass is 258 g/mol. The van der Waals surface area contributed by atoms with Crippen LogP contribution in [0.2, 0.25) is 10.0 Å². The summed E-state index contributed by atoms with van der Waals surface area (Å²) < 4.78 is 10.1. The van der Waals surface area contributed by atoms with Crippen LogP contribution in [0.5, 0.6) is 0 Å². The van der Waals surface area contributed by atoms with Gasteiger partial charge in [-0.2, -0.15) is 0 Å². The second-order valence-corrected chi connectivity index (χ2v) is 3.97. The molecule has 0 fully saturated rings. The molecule has 0 spiro atoms. The maximum absolute atomic E-state index is 11.6. The molecule has 0 atom stereocenters. The highest BCUT2D eigenvalue weighted by Crippen LogP contribution is 2.32. The largest absolute Gasteiger partial charge is 0.463 e. The van der Waals surface area contributed by atoms with Crippen molar-refractivity contribution in [3.05, 3.63) is 34.0 Å². The van der Waals surface area contributed by atoms with E-state index in [0.29, 0.717) is 33.2 Å². The summed E-state index contributed by atoms with van der Waals surface area (Å²) in [5.74, 6) is -0.453. The van der Waals surface area contributed by atoms with Gasteiger partial charge in [0.2, 0.25) is 0 Å². The van der Waals surface area contributed by atoms with Gasteiger partial charge in [0, 0.05) is 11.1 Å². The molecule has 5 heteroatoms. The van der Waals surface area contributed by atoms with Crippen LogP contribution >= 0.6 is 23.2 Å². The van der Waals surface area contributed by atoms with Crippen molar-refractivity contribution in [3.63, 3.8) is 0 Å². The number of furan rings is 1. The number of halogens is 2. The molecule has 2 rings (SSSR count). The molecule has 0 unspecified atom stereocenters. The van der Waals surface area contributed by atoms with Crippen molar-refractivity contribution in [1.82, 2.24) is 0 Å². The molecule has 2 aromatic rings. The Morgan fingerprint density at radius 1 is 1.44 bits per heavy atom. The highest BCUT2D eigenvalue weighted by molar-refractivity contribution is 6.39. The quantitative estimate of drug-likeness (QED) is 0.767. The zero-order valence-electron chi connectivity index (χ0n) is 8.42. The first-order valence-corrected chi connectivity index (χ1v) is 5.42. The number of hydrogen-bond acceptors (Lipinski definition) is 3. The molecule has 1 heterocycles. The third kappa shape index (κ3) is 1.88. The Bertz CT molecular complexity index is 545. The molecule has 0 bridgehead atoms. The third-order valence-electron chi connectivity index (χ3n) is 2.09. The molecule has 84 valence electrons. The molecule has 0 radical (unpaired) electrons. The number of benzene rings is 1. The molecule has 0 N–H and O–H groups in total. The summed E-state index contributed by atoms with van der Waals surface area (Å²) in [6.45, 7) is 2.04. The van der Waals surface area contributed by atoms with Crippen molar-refractivity contribution >= 4 is 40.1 Å². The second kappa shape index (κ2) is 4.36. The summed E-state index contributed by atoms with van der Waals surface area (Å²) in [4.78, 5) is 11.6. The summed E-state index contributed by atoms with van der Waals surface area (Å²) in [5.41, 5.74) is 0.791. The molecule has 1 aromatic heterocycles. The Morgan fingerprint density at radius 2 is 2.19 bits per heavy atom. The van der Waals surface area contributed by atoms with Gasteiger partial charge in [0.05, 0.1) is 17.0 Å². The number of esters is 1. The number of hydrogen-bond donors (Lipinski definition) is 0. The molecular formula is C11H8Cl2O3. The van der Waals surface area contributed by atoms with Crippen molar-refractivity contribution in [2.75, 3.05) is 6.61 Å². The molecule has 0 aliphatic heterocycles. The van der Waals surface area contributed by atoms with Gasteiger partial charge in [-0.05, 0) is 13.0 Å². The molecule has 0 aliphatic rings. The van der Waals surface area contributed by atoms with Gasteiger partial charge < -0.3 is 9.15 Å². The highest BCUT2D eigenvalue weighted by Gasteiger charge is 2.17. The molecule has 16 heavy (non-hydrogen) atoms. The third-order valence-corrected chi connectivity index (χ3v) is 2.60. The van der Waals surface area contributed by atoms with Crippen LogP contribution in [0.4, 0.5) is 0 Å². The van der Waals surface area contributed by atoms with Gasteiger partial charge in [0.15, 0.2) is 0 Å². The molecule has 0 aliphatic carbocycles. The van der Waals surface area contributed by atoms with Crippen LogP contribution in [-0.4, -0.2) is 12.6 Å². The molecule has 1 aromatic carbocycles. The van der Waals surface area contributed by atoms with Crippen LogP contribution in [0.1, 0.15) is 17.3 Å². The summed E-state index contributed by atoms with van der Waals surface area (Å²) in [6, 6.07) is 3.16. The molecule has 3 nitrogen and oxygen atoms in total. The first-order chi connectivity index (χ1) is 7.63. The van der Waals surface area contributed by atoms with Crippen molar-refractivity contribution in [1.29, 1.82) is 0 Å². The minimum absolute atomic E-state index is 0.302. The molecule has 0 saturated carbocycles. The SMILES string of the molecule is CCOC(=O)c1coc2cc(Cl)cc(Cl)c12. The average Bonchev–Trinajstić information content (AvgIpc) is 2.61. The van der Waals surface area contributed by atoms with Crippen molar-refractivity contribution < 1.29 is 13.9 Å². The summed E-state index contributed by atoms with van der Waals surface area (Å²) in [5, 5.41) is 1.37. The Balaban J connectivity index is 2.60. The van der Waals surface area contributed by atoms with Gasteiger partial charge in [-0.25, -0.2) is 4.79 Å². The smallest absolute Gasteiger partial charge is 0.342 e. The number of carbonyl (C=O) groups is 1. The van der Waals surface area contributed by atoms with Crippen LogP contribution in [-0.2, 0) is 4.74 Å². The fraction of sp³-hybridized carbons (Fsp3) is 0.182. The van der Waals surface area contributed by atoms with Crippen LogP contribution in [0.3, 0.4) is 0 Å². The zero-order valence-corrected chi connectivity index (χ0v) is 9.93. The number of fused-ring (bicyclic) bond motifs is 1. The fourth-order valence-corrected chi connectivity index (χ4v) is 2.02. The van der Waals surface area contributed by atoms with E-state index in [2.05, 4.69) is 0 Å². The lowest BCUT2D eigenvalue weighted by Crippen LogP contribution is -2.03. The van der Waals surface area contributed by atoms with Crippen LogP contribution in [0, 0.1) is 0 Å². The minimum atomic E-state index is -0.453. The molecular weight excluding hydrogens is 251 g/mol. The van der Waals surface area contributed by atoms with E-state index in [1.54, 1.807) is 19.1 Å². The number of ether oxygens (including phenoxy) is 1. The Morgan fingerprint density at radius 3 is 2.88 bits per heavy atom. The summed E-state index contributed by atoms with van der Waals surface area (Å²) in [7, 11) is 0. The van der Waals surface area contributed by atoms with E-state index in [0.717, 1.165) is 0 Å². The van der Waals surface area contributed by atoms with E-state index < -0.39 is 5.97 Å². The Labute approximate surface area is 102 Å². The van der Waals surface area contributed by atoms with Gasteiger partial charge >= 0.3 is 5.97 Å². The lowest BCUT2D eigenvalue weighted by molar-refractivity contribution is 0.0527. The zero-order chi connectivity index (χ0) is 11.7. The second-order valence-electron chi connectivity index (χ2n) is 3.13. The van der Waals surface area contributed by atoms with Crippen molar-refractivity contribution in [3.8, 4) is 0 Å². The number of rotatable bonds is 2. The lowest BCUT2D eigenvalue weighted by Gasteiger charge is -2.00. The molecule has 0 saturated heterocycles. The van der Waals surface area contributed by atoms with Crippen molar-refractivity contribution in [2.24, 2.45) is 0 Å². The molecule has 0 amide bonds. The topological polar surface area (TPSA) is 39.4 Å². The van der Waals surface area contributed by atoms with Gasteiger partial charge in [-0.1, -0.05) is 23.2 Å². The maximum atomic E-state index is 11.6. The maximum Gasteiger partial charge on any atom is 0.342 e. The number of carbonyl (C=O) groups excluding carboxylic acids is 1. The van der Waals surface area contributed by atoms with E-state index in [9.17, 15) is 4.79 Å². The summed E-state index contributed by atoms with van der Waals surface area (Å²) in [6.07, 6.45) is 1.32. The van der Waals surface area contributed by atoms with E-state index in [-0.39, 0.29) is 0 Å². The van der Waals surface area contributed by atoms with Crippen LogP contribution in [0.25, 0.3) is 11.0 Å². The van der Waals surface area contributed by atoms with Crippen LogP contribution < -0.4 is 0 Å². The average molecular weight is 259 g/mol. The van der Waals surface area contributed by atoms with E-state index in [1.807, 2.05) is 0 Å². The highest BCUT2D eigenvalue weighted by atomic mass is 35.5. The normalized spacial score (nSPS) is 10.7. The van der Waals surface area contributed by atoms with E-state index >= 15 is 0 Å². The van der Waals surface area contributed by atoms with Gasteiger partial charge in [0.25, 0.3) is 0 Å².